The maximum Gasteiger partial charge on any atom is 0.0826 e. The second-order valence-electron chi connectivity index (χ2n) is 4.95. The van der Waals surface area contributed by atoms with Crippen molar-refractivity contribution >= 4 is 5.69 Å². The van der Waals surface area contributed by atoms with E-state index in [1.165, 1.54) is 25.7 Å². The lowest BCUT2D eigenvalue weighted by Crippen LogP contribution is -2.19. The molecule has 1 heterocycles. The average molecular weight is 207 g/mol. The Morgan fingerprint density at radius 2 is 2.07 bits per heavy atom. The van der Waals surface area contributed by atoms with Gasteiger partial charge in [-0.15, -0.1) is 0 Å². The highest BCUT2D eigenvalue weighted by atomic mass is 15.3. The number of hydrogen-bond acceptors (Lipinski definition) is 2. The summed E-state index contributed by atoms with van der Waals surface area (Å²) < 4.78 is 2.15. The molecular weight excluding hydrogens is 186 g/mol. The van der Waals surface area contributed by atoms with E-state index in [2.05, 4.69) is 23.6 Å². The largest absolute Gasteiger partial charge is 0.396 e. The summed E-state index contributed by atoms with van der Waals surface area (Å²) in [6.07, 6.45) is 5.20. The molecule has 3 nitrogen and oxygen atoms in total. The van der Waals surface area contributed by atoms with Crippen LogP contribution in [0.4, 0.5) is 5.69 Å². The fourth-order valence-corrected chi connectivity index (χ4v) is 2.66. The Kier molecular flexibility index (Phi) is 2.72. The van der Waals surface area contributed by atoms with E-state index >= 15 is 0 Å². The number of hydrogen-bond donors (Lipinski definition) is 1. The summed E-state index contributed by atoms with van der Waals surface area (Å²) in [6, 6.07) is 0.574. The van der Waals surface area contributed by atoms with E-state index < -0.39 is 0 Å². The Morgan fingerprint density at radius 3 is 2.60 bits per heavy atom. The lowest BCUT2D eigenvalue weighted by molar-refractivity contribution is 0.263. The zero-order valence-corrected chi connectivity index (χ0v) is 9.95. The van der Waals surface area contributed by atoms with Crippen molar-refractivity contribution in [3.05, 3.63) is 11.4 Å². The predicted octanol–water partition coefficient (Wildman–Crippen LogP) is 2.83. The van der Waals surface area contributed by atoms with Gasteiger partial charge in [0.25, 0.3) is 0 Å². The Labute approximate surface area is 91.7 Å². The number of nitrogens with zero attached hydrogens (tertiary/aromatic N) is 2. The van der Waals surface area contributed by atoms with Crippen molar-refractivity contribution in [1.82, 2.24) is 9.78 Å². The van der Waals surface area contributed by atoms with E-state index in [1.54, 1.807) is 0 Å². The molecule has 0 spiro atoms. The van der Waals surface area contributed by atoms with Crippen molar-refractivity contribution in [2.75, 3.05) is 5.73 Å². The maximum atomic E-state index is 5.96. The molecule has 0 saturated heterocycles. The summed E-state index contributed by atoms with van der Waals surface area (Å²) in [6.45, 7) is 6.40. The summed E-state index contributed by atoms with van der Waals surface area (Å²) in [5.41, 5.74) is 8.95. The molecule has 2 atom stereocenters. The van der Waals surface area contributed by atoms with Gasteiger partial charge in [0.2, 0.25) is 0 Å². The van der Waals surface area contributed by atoms with Crippen LogP contribution < -0.4 is 5.73 Å². The van der Waals surface area contributed by atoms with Crippen molar-refractivity contribution < 1.29 is 0 Å². The summed E-state index contributed by atoms with van der Waals surface area (Å²) in [7, 11) is 0. The number of aromatic nitrogens is 2. The van der Waals surface area contributed by atoms with Crippen LogP contribution in [-0.4, -0.2) is 9.78 Å². The first-order valence-corrected chi connectivity index (χ1v) is 5.90. The monoisotopic (exact) mass is 207 g/mol. The first-order chi connectivity index (χ1) is 7.09. The molecule has 1 aromatic rings. The molecule has 15 heavy (non-hydrogen) atoms. The van der Waals surface area contributed by atoms with Gasteiger partial charge < -0.3 is 5.73 Å². The summed E-state index contributed by atoms with van der Waals surface area (Å²) in [4.78, 5) is 0. The molecular formula is C12H21N3. The van der Waals surface area contributed by atoms with E-state index in [-0.39, 0.29) is 0 Å². The lowest BCUT2D eigenvalue weighted by atomic mass is 9.87. The number of rotatable bonds is 1. The van der Waals surface area contributed by atoms with E-state index in [1.807, 2.05) is 6.92 Å². The molecule has 1 aliphatic carbocycles. The lowest BCUT2D eigenvalue weighted by Gasteiger charge is -2.27. The minimum Gasteiger partial charge on any atom is -0.396 e. The fraction of sp³-hybridized carbons (Fsp3) is 0.750. The smallest absolute Gasteiger partial charge is 0.0826 e. The van der Waals surface area contributed by atoms with Crippen LogP contribution in [0.5, 0.6) is 0 Å². The van der Waals surface area contributed by atoms with E-state index in [0.717, 1.165) is 23.0 Å². The third kappa shape index (κ3) is 1.87. The molecule has 2 N–H and O–H groups in total. The average Bonchev–Trinajstić information content (AvgIpc) is 2.46. The highest BCUT2D eigenvalue weighted by Crippen LogP contribution is 2.33. The first kappa shape index (κ1) is 10.5. The molecule has 0 amide bonds. The van der Waals surface area contributed by atoms with E-state index in [4.69, 9.17) is 5.73 Å². The molecule has 1 aromatic heterocycles. The van der Waals surface area contributed by atoms with Crippen LogP contribution in [0.25, 0.3) is 0 Å². The summed E-state index contributed by atoms with van der Waals surface area (Å²) >= 11 is 0. The van der Waals surface area contributed by atoms with Crippen molar-refractivity contribution in [1.29, 1.82) is 0 Å². The number of anilines is 1. The Balaban J connectivity index is 2.25. The molecule has 3 heteroatoms. The molecule has 2 unspecified atom stereocenters. The van der Waals surface area contributed by atoms with Gasteiger partial charge in [0.05, 0.1) is 23.1 Å². The molecule has 0 aromatic carbocycles. The third-order valence-electron chi connectivity index (χ3n) is 3.64. The van der Waals surface area contributed by atoms with Gasteiger partial charge >= 0.3 is 0 Å². The van der Waals surface area contributed by atoms with Crippen LogP contribution in [-0.2, 0) is 0 Å². The van der Waals surface area contributed by atoms with Crippen LogP contribution in [0, 0.1) is 19.8 Å². The van der Waals surface area contributed by atoms with E-state index in [9.17, 15) is 0 Å². The fourth-order valence-electron chi connectivity index (χ4n) is 2.66. The SMILES string of the molecule is Cc1nn(C2CCCC(C)C2)c(C)c1N. The molecule has 1 fully saturated rings. The Hall–Kier alpha value is -0.990. The number of aryl methyl sites for hydroxylation is 1. The van der Waals surface area contributed by atoms with Gasteiger partial charge in [-0.25, -0.2) is 0 Å². The van der Waals surface area contributed by atoms with Gasteiger partial charge in [0, 0.05) is 0 Å². The van der Waals surface area contributed by atoms with Crippen LogP contribution in [0.3, 0.4) is 0 Å². The minimum absolute atomic E-state index is 0.574. The van der Waals surface area contributed by atoms with Gasteiger partial charge in [-0.3, -0.25) is 4.68 Å². The highest BCUT2D eigenvalue weighted by molar-refractivity contribution is 5.47. The Bertz CT molecular complexity index is 354. The first-order valence-electron chi connectivity index (χ1n) is 5.90. The van der Waals surface area contributed by atoms with Crippen LogP contribution in [0.15, 0.2) is 0 Å². The number of nitrogen functional groups attached to an aromatic ring is 1. The normalized spacial score (nSPS) is 26.9. The summed E-state index contributed by atoms with van der Waals surface area (Å²) in [5, 5.41) is 4.56. The second-order valence-corrected chi connectivity index (χ2v) is 4.95. The molecule has 0 aliphatic heterocycles. The zero-order chi connectivity index (χ0) is 11.0. The zero-order valence-electron chi connectivity index (χ0n) is 9.95. The topological polar surface area (TPSA) is 43.8 Å². The standard InChI is InChI=1S/C12H21N3/c1-8-5-4-6-11(7-8)15-10(3)12(13)9(2)14-15/h8,11H,4-7,13H2,1-3H3. The van der Waals surface area contributed by atoms with Gasteiger partial charge in [0.15, 0.2) is 0 Å². The van der Waals surface area contributed by atoms with Crippen molar-refractivity contribution in [3.63, 3.8) is 0 Å². The molecule has 0 radical (unpaired) electrons. The van der Waals surface area contributed by atoms with Crippen molar-refractivity contribution in [3.8, 4) is 0 Å². The molecule has 2 rings (SSSR count). The second kappa shape index (κ2) is 3.87. The van der Waals surface area contributed by atoms with Gasteiger partial charge in [0.1, 0.15) is 0 Å². The van der Waals surface area contributed by atoms with Crippen LogP contribution in [0.1, 0.15) is 50.0 Å². The highest BCUT2D eigenvalue weighted by Gasteiger charge is 2.23. The molecule has 1 saturated carbocycles. The van der Waals surface area contributed by atoms with E-state index in [0.29, 0.717) is 6.04 Å². The van der Waals surface area contributed by atoms with Crippen molar-refractivity contribution in [2.24, 2.45) is 5.92 Å². The van der Waals surface area contributed by atoms with Crippen LogP contribution >= 0.6 is 0 Å². The number of nitrogens with two attached hydrogens (primary N) is 1. The molecule has 0 bridgehead atoms. The van der Waals surface area contributed by atoms with Crippen LogP contribution in [0.2, 0.25) is 0 Å². The minimum atomic E-state index is 0.574. The maximum absolute atomic E-state index is 5.96. The van der Waals surface area contributed by atoms with Gasteiger partial charge in [-0.05, 0) is 32.6 Å². The molecule has 84 valence electrons. The molecule has 1 aliphatic rings. The summed E-state index contributed by atoms with van der Waals surface area (Å²) in [5.74, 6) is 0.828. The van der Waals surface area contributed by atoms with Gasteiger partial charge in [-0.2, -0.15) is 5.10 Å². The third-order valence-corrected chi connectivity index (χ3v) is 3.64. The quantitative estimate of drug-likeness (QED) is 0.769. The Morgan fingerprint density at radius 1 is 1.33 bits per heavy atom. The van der Waals surface area contributed by atoms with Gasteiger partial charge in [-0.1, -0.05) is 19.8 Å². The predicted molar refractivity (Wildman–Crippen MR) is 62.8 cm³/mol. The van der Waals surface area contributed by atoms with Crippen molar-refractivity contribution in [2.45, 2.75) is 52.5 Å².